The predicted octanol–water partition coefficient (Wildman–Crippen LogP) is 5.07. The lowest BCUT2D eigenvalue weighted by atomic mass is 9.88. The highest BCUT2D eigenvalue weighted by Gasteiger charge is 2.51. The van der Waals surface area contributed by atoms with Crippen molar-refractivity contribution in [2.75, 3.05) is 6.61 Å². The normalized spacial score (nSPS) is 20.6. The molecule has 21 heavy (non-hydrogen) atoms. The van der Waals surface area contributed by atoms with Crippen molar-refractivity contribution in [3.8, 4) is 0 Å². The molecule has 1 unspecified atom stereocenters. The average molecular weight is 364 g/mol. The summed E-state index contributed by atoms with van der Waals surface area (Å²) in [5, 5.41) is 11.5. The third-order valence-electron chi connectivity index (χ3n) is 3.55. The minimum atomic E-state index is -0.728. The first-order valence-corrected chi connectivity index (χ1v) is 7.68. The second kappa shape index (κ2) is 5.62. The highest BCUT2D eigenvalue weighted by atomic mass is 35.5. The summed E-state index contributed by atoms with van der Waals surface area (Å²) >= 11 is 24.5. The zero-order valence-electron chi connectivity index (χ0n) is 10.7. The van der Waals surface area contributed by atoms with Gasteiger partial charge in [-0.1, -0.05) is 52.5 Å². The Morgan fingerprint density at radius 1 is 0.952 bits per heavy atom. The van der Waals surface area contributed by atoms with E-state index in [2.05, 4.69) is 0 Å². The lowest BCUT2D eigenvalue weighted by molar-refractivity contribution is 0.275. The van der Waals surface area contributed by atoms with Gasteiger partial charge in [-0.05, 0) is 29.8 Å². The Kier molecular flexibility index (Phi) is 4.12. The standard InChI is InChI=1S/C15H10Cl4O2/c16-8-1-2-11(14(19)4-8)15(7-21-15)12-3-9(17)5-13(18)10(12)6-20/h1-5,20H,6-7H2. The van der Waals surface area contributed by atoms with Crippen LogP contribution in [0, 0.1) is 0 Å². The molecular weight excluding hydrogens is 354 g/mol. The van der Waals surface area contributed by atoms with Gasteiger partial charge in [0, 0.05) is 31.2 Å². The Hall–Kier alpha value is -0.480. The summed E-state index contributed by atoms with van der Waals surface area (Å²) in [6, 6.07) is 8.56. The van der Waals surface area contributed by atoms with Gasteiger partial charge in [0.15, 0.2) is 0 Å². The van der Waals surface area contributed by atoms with Gasteiger partial charge in [0.05, 0.1) is 13.2 Å². The quantitative estimate of drug-likeness (QED) is 0.772. The molecule has 0 amide bonds. The minimum absolute atomic E-state index is 0.207. The summed E-state index contributed by atoms with van der Waals surface area (Å²) in [6.45, 7) is 0.236. The second-order valence-electron chi connectivity index (χ2n) is 4.81. The number of hydrogen-bond acceptors (Lipinski definition) is 2. The Labute approximate surface area is 142 Å². The number of epoxide rings is 1. The van der Waals surface area contributed by atoms with E-state index in [1.54, 1.807) is 24.3 Å². The molecule has 1 fully saturated rings. The molecule has 1 aliphatic rings. The van der Waals surface area contributed by atoms with E-state index in [4.69, 9.17) is 51.1 Å². The van der Waals surface area contributed by atoms with Crippen molar-refractivity contribution in [2.24, 2.45) is 0 Å². The van der Waals surface area contributed by atoms with E-state index in [1.165, 1.54) is 0 Å². The second-order valence-corrected chi connectivity index (χ2v) is 6.50. The van der Waals surface area contributed by atoms with E-state index in [0.29, 0.717) is 32.3 Å². The van der Waals surface area contributed by atoms with Crippen LogP contribution >= 0.6 is 46.4 Å². The number of ether oxygens (including phenoxy) is 1. The van der Waals surface area contributed by atoms with E-state index in [0.717, 1.165) is 11.1 Å². The van der Waals surface area contributed by atoms with Gasteiger partial charge in [-0.25, -0.2) is 0 Å². The van der Waals surface area contributed by atoms with Crippen molar-refractivity contribution in [2.45, 2.75) is 12.2 Å². The van der Waals surface area contributed by atoms with Crippen LogP contribution in [0.25, 0.3) is 0 Å². The molecule has 0 aliphatic carbocycles. The molecule has 1 atom stereocenters. The van der Waals surface area contributed by atoms with Crippen LogP contribution in [0.1, 0.15) is 16.7 Å². The number of hydrogen-bond donors (Lipinski definition) is 1. The van der Waals surface area contributed by atoms with Crippen molar-refractivity contribution in [1.29, 1.82) is 0 Å². The number of benzene rings is 2. The molecule has 3 rings (SSSR count). The van der Waals surface area contributed by atoms with Crippen LogP contribution in [0.3, 0.4) is 0 Å². The number of aliphatic hydroxyl groups is 1. The van der Waals surface area contributed by atoms with Gasteiger partial charge >= 0.3 is 0 Å². The zero-order chi connectivity index (χ0) is 15.2. The average Bonchev–Trinajstić information content (AvgIpc) is 3.19. The summed E-state index contributed by atoms with van der Waals surface area (Å²) in [5.41, 5.74) is 1.37. The van der Waals surface area contributed by atoms with Gasteiger partial charge in [0.25, 0.3) is 0 Å². The first-order valence-electron chi connectivity index (χ1n) is 6.16. The Morgan fingerprint density at radius 2 is 1.62 bits per heavy atom. The molecule has 2 nitrogen and oxygen atoms in total. The molecule has 2 aromatic carbocycles. The lowest BCUT2D eigenvalue weighted by Gasteiger charge is -2.19. The maximum absolute atomic E-state index is 9.60. The van der Waals surface area contributed by atoms with Gasteiger partial charge < -0.3 is 9.84 Å². The van der Waals surface area contributed by atoms with E-state index in [9.17, 15) is 5.11 Å². The number of rotatable bonds is 3. The summed E-state index contributed by atoms with van der Waals surface area (Å²) in [4.78, 5) is 0. The zero-order valence-corrected chi connectivity index (χ0v) is 13.7. The molecule has 1 N–H and O–H groups in total. The van der Waals surface area contributed by atoms with Crippen molar-refractivity contribution in [1.82, 2.24) is 0 Å². The van der Waals surface area contributed by atoms with Crippen molar-refractivity contribution in [3.05, 3.63) is 67.1 Å². The van der Waals surface area contributed by atoms with Gasteiger partial charge in [0.1, 0.15) is 5.60 Å². The summed E-state index contributed by atoms with van der Waals surface area (Å²) < 4.78 is 5.69. The third kappa shape index (κ3) is 2.65. The van der Waals surface area contributed by atoms with Gasteiger partial charge in [-0.2, -0.15) is 0 Å². The van der Waals surface area contributed by atoms with Crippen molar-refractivity contribution < 1.29 is 9.84 Å². The molecule has 6 heteroatoms. The van der Waals surface area contributed by atoms with E-state index >= 15 is 0 Å². The Balaban J connectivity index is 2.20. The highest BCUT2D eigenvalue weighted by Crippen LogP contribution is 2.50. The molecule has 0 radical (unpaired) electrons. The van der Waals surface area contributed by atoms with Gasteiger partial charge in [0.2, 0.25) is 0 Å². The van der Waals surface area contributed by atoms with E-state index in [-0.39, 0.29) is 6.61 Å². The summed E-state index contributed by atoms with van der Waals surface area (Å²) in [7, 11) is 0. The first-order chi connectivity index (χ1) is 9.98. The molecule has 1 saturated heterocycles. The molecule has 1 heterocycles. The van der Waals surface area contributed by atoms with E-state index in [1.807, 2.05) is 6.07 Å². The van der Waals surface area contributed by atoms with Crippen LogP contribution in [-0.4, -0.2) is 11.7 Å². The molecule has 0 spiro atoms. The molecule has 0 saturated carbocycles. The highest BCUT2D eigenvalue weighted by molar-refractivity contribution is 6.36. The van der Waals surface area contributed by atoms with E-state index < -0.39 is 5.60 Å². The smallest absolute Gasteiger partial charge is 0.143 e. The van der Waals surface area contributed by atoms with Crippen LogP contribution < -0.4 is 0 Å². The first kappa shape index (κ1) is 15.4. The fourth-order valence-electron chi connectivity index (χ4n) is 2.47. The molecular formula is C15H10Cl4O2. The predicted molar refractivity (Wildman–Crippen MR) is 85.6 cm³/mol. The monoisotopic (exact) mass is 362 g/mol. The Bertz CT molecular complexity index is 711. The van der Waals surface area contributed by atoms with Crippen LogP contribution in [0.2, 0.25) is 20.1 Å². The summed E-state index contributed by atoms with van der Waals surface area (Å²) in [5.74, 6) is 0. The summed E-state index contributed by atoms with van der Waals surface area (Å²) in [6.07, 6.45) is 0. The SMILES string of the molecule is OCc1c(Cl)cc(Cl)cc1C1(c2ccc(Cl)cc2Cl)CO1. The number of aliphatic hydroxyl groups excluding tert-OH is 1. The van der Waals surface area contributed by atoms with Crippen LogP contribution in [0.4, 0.5) is 0 Å². The fraction of sp³-hybridized carbons (Fsp3) is 0.200. The molecule has 0 aromatic heterocycles. The van der Waals surface area contributed by atoms with Gasteiger partial charge in [-0.3, -0.25) is 0 Å². The van der Waals surface area contributed by atoms with Crippen LogP contribution in [0.5, 0.6) is 0 Å². The van der Waals surface area contributed by atoms with Crippen LogP contribution in [0.15, 0.2) is 30.3 Å². The molecule has 0 bridgehead atoms. The lowest BCUT2D eigenvalue weighted by Crippen LogP contribution is -2.15. The largest absolute Gasteiger partial charge is 0.392 e. The fourth-order valence-corrected chi connectivity index (χ4v) is 3.58. The number of halogens is 4. The van der Waals surface area contributed by atoms with Crippen molar-refractivity contribution >= 4 is 46.4 Å². The topological polar surface area (TPSA) is 32.8 Å². The molecule has 110 valence electrons. The van der Waals surface area contributed by atoms with Crippen LogP contribution in [-0.2, 0) is 16.9 Å². The maximum atomic E-state index is 9.60. The van der Waals surface area contributed by atoms with Gasteiger partial charge in [-0.15, -0.1) is 0 Å². The Morgan fingerprint density at radius 3 is 2.19 bits per heavy atom. The van der Waals surface area contributed by atoms with Crippen molar-refractivity contribution in [3.63, 3.8) is 0 Å². The minimum Gasteiger partial charge on any atom is -0.392 e. The maximum Gasteiger partial charge on any atom is 0.143 e. The molecule has 1 aliphatic heterocycles. The third-order valence-corrected chi connectivity index (χ3v) is 4.66. The molecule has 2 aromatic rings.